The van der Waals surface area contributed by atoms with Crippen molar-refractivity contribution in [2.45, 2.75) is 0 Å². The second kappa shape index (κ2) is 15.8. The Balaban J connectivity index is 0.896. The van der Waals surface area contributed by atoms with Gasteiger partial charge in [0.25, 0.3) is 0 Å². The van der Waals surface area contributed by atoms with E-state index in [1.807, 2.05) is 18.2 Å². The second-order valence-electron chi connectivity index (χ2n) is 16.5. The van der Waals surface area contributed by atoms with Crippen molar-refractivity contribution < 1.29 is 4.42 Å². The van der Waals surface area contributed by atoms with Gasteiger partial charge >= 0.3 is 0 Å². The molecule has 0 amide bonds. The van der Waals surface area contributed by atoms with E-state index in [9.17, 15) is 0 Å². The molecule has 0 saturated carbocycles. The SMILES string of the molecule is c1ccc(-c2cc3ccccc3o2)c(-c2ccc(-c3ccc(N(c4ccc(-c5cccc6ccccc56)cc4)c4ccc(-c5cc6ccccc6c6ccccc56)cc4)cc3)cc2)c1. The van der Waals surface area contributed by atoms with Gasteiger partial charge in [0.2, 0.25) is 0 Å². The normalized spacial score (nSPS) is 11.4. The van der Waals surface area contributed by atoms with Crippen molar-refractivity contribution in [3.8, 4) is 55.8 Å². The summed E-state index contributed by atoms with van der Waals surface area (Å²) in [6.45, 7) is 0. The number of benzene rings is 11. The molecule has 0 unspecified atom stereocenters. The van der Waals surface area contributed by atoms with E-state index in [2.05, 4.69) is 235 Å². The number of furan rings is 1. The lowest BCUT2D eigenvalue weighted by Gasteiger charge is -2.26. The predicted molar refractivity (Wildman–Crippen MR) is 271 cm³/mol. The molecule has 64 heavy (non-hydrogen) atoms. The van der Waals surface area contributed by atoms with E-state index in [0.29, 0.717) is 0 Å². The fraction of sp³-hybridized carbons (Fsp3) is 0. The number of nitrogens with zero attached hydrogens (tertiary/aromatic N) is 1. The van der Waals surface area contributed by atoms with Gasteiger partial charge in [-0.05, 0) is 131 Å². The molecule has 300 valence electrons. The smallest absolute Gasteiger partial charge is 0.136 e. The van der Waals surface area contributed by atoms with Crippen LogP contribution in [0.3, 0.4) is 0 Å². The molecule has 1 aromatic heterocycles. The topological polar surface area (TPSA) is 16.4 Å². The molecule has 1 heterocycles. The summed E-state index contributed by atoms with van der Waals surface area (Å²) in [7, 11) is 0. The Morgan fingerprint density at radius 2 is 0.688 bits per heavy atom. The molecule has 0 aliphatic heterocycles. The summed E-state index contributed by atoms with van der Waals surface area (Å²) in [5, 5.41) is 8.66. The molecule has 0 saturated heterocycles. The molecule has 11 aromatic carbocycles. The van der Waals surface area contributed by atoms with Crippen molar-refractivity contribution >= 4 is 60.3 Å². The Hall–Kier alpha value is -8.46. The minimum absolute atomic E-state index is 0.876. The Bertz CT molecular complexity index is 3600. The molecular formula is C62H41NO. The van der Waals surface area contributed by atoms with E-state index >= 15 is 0 Å². The first-order valence-electron chi connectivity index (χ1n) is 21.9. The van der Waals surface area contributed by atoms with Gasteiger partial charge in [-0.3, -0.25) is 0 Å². The van der Waals surface area contributed by atoms with Gasteiger partial charge < -0.3 is 9.32 Å². The van der Waals surface area contributed by atoms with Crippen LogP contribution in [-0.2, 0) is 0 Å². The monoisotopic (exact) mass is 815 g/mol. The molecule has 0 spiro atoms. The van der Waals surface area contributed by atoms with Crippen molar-refractivity contribution in [1.82, 2.24) is 0 Å². The van der Waals surface area contributed by atoms with E-state index in [1.165, 1.54) is 54.6 Å². The first kappa shape index (κ1) is 37.3. The Kier molecular flexibility index (Phi) is 9.20. The zero-order chi connectivity index (χ0) is 42.4. The third-order valence-corrected chi connectivity index (χ3v) is 12.7. The maximum absolute atomic E-state index is 6.30. The molecule has 2 nitrogen and oxygen atoms in total. The third kappa shape index (κ3) is 6.70. The zero-order valence-electron chi connectivity index (χ0n) is 35.0. The number of fused-ring (bicyclic) bond motifs is 5. The molecule has 0 fully saturated rings. The largest absolute Gasteiger partial charge is 0.456 e. The molecule has 12 rings (SSSR count). The van der Waals surface area contributed by atoms with Gasteiger partial charge in [-0.1, -0.05) is 194 Å². The summed E-state index contributed by atoms with van der Waals surface area (Å²) < 4.78 is 6.30. The molecule has 2 heteroatoms. The van der Waals surface area contributed by atoms with E-state index in [0.717, 1.165) is 61.6 Å². The minimum Gasteiger partial charge on any atom is -0.456 e. The molecule has 0 atom stereocenters. The van der Waals surface area contributed by atoms with Crippen molar-refractivity contribution in [3.05, 3.63) is 249 Å². The van der Waals surface area contributed by atoms with Crippen LogP contribution in [0.15, 0.2) is 253 Å². The van der Waals surface area contributed by atoms with E-state index in [4.69, 9.17) is 4.42 Å². The molecule has 0 aliphatic carbocycles. The standard InChI is InChI=1S/C62H41NO/c1-4-16-53-44(12-1)15-11-22-54(53)46-30-36-51(37-31-46)63(52-38-32-47(33-39-52)60-40-48-13-2-5-18-56(48)57-19-7-8-20-58(57)60)50-34-28-43(29-35-50)42-24-26-45(27-25-42)55-17-6-9-21-59(55)62-41-49-14-3-10-23-61(49)64-62/h1-41H. The first-order valence-corrected chi connectivity index (χ1v) is 21.9. The Morgan fingerprint density at radius 3 is 1.36 bits per heavy atom. The molecule has 12 aromatic rings. The van der Waals surface area contributed by atoms with E-state index in [-0.39, 0.29) is 0 Å². The summed E-state index contributed by atoms with van der Waals surface area (Å²) in [6, 6.07) is 89.6. The maximum Gasteiger partial charge on any atom is 0.136 e. The summed E-state index contributed by atoms with van der Waals surface area (Å²) in [4.78, 5) is 2.36. The predicted octanol–water partition coefficient (Wildman–Crippen LogP) is 17.7. The van der Waals surface area contributed by atoms with E-state index in [1.54, 1.807) is 0 Å². The Morgan fingerprint density at radius 1 is 0.250 bits per heavy atom. The van der Waals surface area contributed by atoms with Crippen molar-refractivity contribution in [1.29, 1.82) is 0 Å². The zero-order valence-corrected chi connectivity index (χ0v) is 35.0. The van der Waals surface area contributed by atoms with E-state index < -0.39 is 0 Å². The minimum atomic E-state index is 0.876. The van der Waals surface area contributed by atoms with Crippen LogP contribution in [0, 0.1) is 0 Å². The van der Waals surface area contributed by atoms with Gasteiger partial charge in [0.05, 0.1) is 0 Å². The van der Waals surface area contributed by atoms with Crippen LogP contribution in [0.4, 0.5) is 17.1 Å². The number of anilines is 3. The fourth-order valence-corrected chi connectivity index (χ4v) is 9.51. The summed E-state index contributed by atoms with van der Waals surface area (Å²) in [5.74, 6) is 0.876. The third-order valence-electron chi connectivity index (χ3n) is 12.7. The van der Waals surface area contributed by atoms with Crippen LogP contribution in [-0.4, -0.2) is 0 Å². The van der Waals surface area contributed by atoms with Crippen molar-refractivity contribution in [3.63, 3.8) is 0 Å². The summed E-state index contributed by atoms with van der Waals surface area (Å²) in [5.41, 5.74) is 14.7. The van der Waals surface area contributed by atoms with Crippen molar-refractivity contribution in [2.75, 3.05) is 4.90 Å². The number of rotatable bonds is 8. The highest BCUT2D eigenvalue weighted by Gasteiger charge is 2.17. The molecule has 0 radical (unpaired) electrons. The van der Waals surface area contributed by atoms with Gasteiger partial charge in [-0.25, -0.2) is 0 Å². The average Bonchev–Trinajstić information content (AvgIpc) is 3.81. The van der Waals surface area contributed by atoms with Gasteiger partial charge in [-0.15, -0.1) is 0 Å². The quantitative estimate of drug-likeness (QED) is 0.142. The van der Waals surface area contributed by atoms with Gasteiger partial charge in [0, 0.05) is 28.0 Å². The highest BCUT2D eigenvalue weighted by molar-refractivity contribution is 6.13. The molecule has 0 aliphatic rings. The molecule has 0 N–H and O–H groups in total. The lowest BCUT2D eigenvalue weighted by Crippen LogP contribution is -2.09. The number of para-hydroxylation sites is 1. The lowest BCUT2D eigenvalue weighted by molar-refractivity contribution is 0.632. The highest BCUT2D eigenvalue weighted by Crippen LogP contribution is 2.41. The van der Waals surface area contributed by atoms with Crippen LogP contribution in [0.5, 0.6) is 0 Å². The maximum atomic E-state index is 6.30. The van der Waals surface area contributed by atoms with Crippen LogP contribution >= 0.6 is 0 Å². The fourth-order valence-electron chi connectivity index (χ4n) is 9.51. The van der Waals surface area contributed by atoms with Gasteiger partial charge in [0.1, 0.15) is 11.3 Å². The average molecular weight is 816 g/mol. The first-order chi connectivity index (χ1) is 31.7. The molecular weight excluding hydrogens is 775 g/mol. The summed E-state index contributed by atoms with van der Waals surface area (Å²) >= 11 is 0. The second-order valence-corrected chi connectivity index (χ2v) is 16.5. The van der Waals surface area contributed by atoms with Crippen LogP contribution < -0.4 is 4.90 Å². The van der Waals surface area contributed by atoms with Gasteiger partial charge in [0.15, 0.2) is 0 Å². The van der Waals surface area contributed by atoms with Crippen LogP contribution in [0.2, 0.25) is 0 Å². The van der Waals surface area contributed by atoms with Gasteiger partial charge in [-0.2, -0.15) is 0 Å². The highest BCUT2D eigenvalue weighted by atomic mass is 16.3. The molecule has 0 bridgehead atoms. The Labute approximate surface area is 372 Å². The van der Waals surface area contributed by atoms with Crippen LogP contribution in [0.25, 0.3) is 99.1 Å². The summed E-state index contributed by atoms with van der Waals surface area (Å²) in [6.07, 6.45) is 0. The van der Waals surface area contributed by atoms with Crippen molar-refractivity contribution in [2.24, 2.45) is 0 Å². The number of hydrogen-bond donors (Lipinski definition) is 0. The lowest BCUT2D eigenvalue weighted by atomic mass is 9.93. The van der Waals surface area contributed by atoms with Crippen LogP contribution in [0.1, 0.15) is 0 Å². The number of hydrogen-bond acceptors (Lipinski definition) is 2.